The molecule has 0 saturated carbocycles. The quantitative estimate of drug-likeness (QED) is 0.263. The predicted molar refractivity (Wildman–Crippen MR) is 162 cm³/mol. The van der Waals surface area contributed by atoms with E-state index < -0.39 is 23.3 Å². The molecule has 2 saturated heterocycles. The molecule has 1 aromatic carbocycles. The minimum Gasteiger partial charge on any atom is -0.481 e. The molecule has 0 aliphatic carbocycles. The van der Waals surface area contributed by atoms with Crippen LogP contribution in [0.1, 0.15) is 69.7 Å². The van der Waals surface area contributed by atoms with Gasteiger partial charge < -0.3 is 19.7 Å². The van der Waals surface area contributed by atoms with Gasteiger partial charge in [-0.25, -0.2) is 13.2 Å². The topological polar surface area (TPSA) is 75.6 Å². The van der Waals surface area contributed by atoms with Gasteiger partial charge in [-0.2, -0.15) is 15.0 Å². The molecule has 0 spiro atoms. The molecule has 1 N–H and O–H groups in total. The number of halogens is 3. The maximum absolute atomic E-state index is 15.3. The largest absolute Gasteiger partial charge is 0.481 e. The first-order valence-corrected chi connectivity index (χ1v) is 15.3. The molecule has 4 heterocycles. The number of rotatable bonds is 12. The van der Waals surface area contributed by atoms with E-state index in [0.717, 1.165) is 63.6 Å². The smallest absolute Gasteiger partial charge is 0.320 e. The molecule has 2 aliphatic rings. The van der Waals surface area contributed by atoms with Gasteiger partial charge >= 0.3 is 6.01 Å². The summed E-state index contributed by atoms with van der Waals surface area (Å²) in [4.78, 5) is 18.8. The van der Waals surface area contributed by atoms with Crippen LogP contribution in [0.3, 0.4) is 0 Å². The molecule has 1 atom stereocenters. The summed E-state index contributed by atoms with van der Waals surface area (Å²) in [5.74, 6) is -2.86. The maximum Gasteiger partial charge on any atom is 0.320 e. The van der Waals surface area contributed by atoms with Crippen molar-refractivity contribution in [2.75, 3.05) is 51.8 Å². The zero-order valence-electron chi connectivity index (χ0n) is 25.8. The molecule has 2 aliphatic heterocycles. The summed E-state index contributed by atoms with van der Waals surface area (Å²) >= 11 is 0. The number of piperidine rings is 1. The molecule has 2 fully saturated rings. The second kappa shape index (κ2) is 13.2. The molecule has 0 bridgehead atoms. The Labute approximate surface area is 252 Å². The van der Waals surface area contributed by atoms with Crippen molar-refractivity contribution in [3.05, 3.63) is 46.8 Å². The molecule has 43 heavy (non-hydrogen) atoms. The third-order valence-electron chi connectivity index (χ3n) is 8.70. The summed E-state index contributed by atoms with van der Waals surface area (Å²) in [6, 6.07) is 6.04. The fraction of sp³-hybridized carbons (Fsp3) is 0.594. The number of methoxy groups -OCH3 is 1. The van der Waals surface area contributed by atoms with E-state index in [9.17, 15) is 8.78 Å². The van der Waals surface area contributed by atoms with E-state index in [4.69, 9.17) is 14.5 Å². The van der Waals surface area contributed by atoms with Crippen molar-refractivity contribution in [2.24, 2.45) is 5.92 Å². The number of likely N-dealkylation sites (tertiary alicyclic amines) is 2. The predicted octanol–water partition coefficient (Wildman–Crippen LogP) is 6.20. The van der Waals surface area contributed by atoms with Crippen molar-refractivity contribution in [1.29, 1.82) is 0 Å². The SMILES string of the molecule is COc1nc2nc(OCCN3CCC3)nc(N[C@H](C)c3cccc(C(C)(F)F)c3F)c2cc1CC1CCN(C(C)C)CC1. The fourth-order valence-corrected chi connectivity index (χ4v) is 5.92. The molecule has 8 nitrogen and oxygen atoms in total. The Morgan fingerprint density at radius 3 is 2.44 bits per heavy atom. The van der Waals surface area contributed by atoms with Crippen molar-refractivity contribution in [2.45, 2.75) is 71.4 Å². The van der Waals surface area contributed by atoms with Crippen LogP contribution >= 0.6 is 0 Å². The van der Waals surface area contributed by atoms with Gasteiger partial charge in [-0.3, -0.25) is 4.90 Å². The van der Waals surface area contributed by atoms with Crippen LogP contribution in [0, 0.1) is 11.7 Å². The van der Waals surface area contributed by atoms with E-state index in [1.807, 2.05) is 6.07 Å². The summed E-state index contributed by atoms with van der Waals surface area (Å²) in [5.41, 5.74) is 0.804. The lowest BCUT2D eigenvalue weighted by Crippen LogP contribution is -2.39. The monoisotopic (exact) mass is 600 g/mol. The van der Waals surface area contributed by atoms with E-state index in [0.29, 0.717) is 48.2 Å². The van der Waals surface area contributed by atoms with Gasteiger partial charge in [0.25, 0.3) is 5.92 Å². The van der Waals surface area contributed by atoms with Crippen LogP contribution in [0.2, 0.25) is 0 Å². The zero-order valence-corrected chi connectivity index (χ0v) is 25.8. The standard InChI is InChI=1S/C32H43F3N6O2/c1-20(2)41-14-10-22(11-15-41)18-23-19-25-28(36-21(3)24-8-6-9-26(27(24)33)32(4,34)35)38-31(39-29(25)37-30(23)42-5)43-17-16-40-12-7-13-40/h6,8-9,19-22H,7,10-18H2,1-5H3,(H,36,37,38,39)/t21-/m1/s1. The maximum atomic E-state index is 15.3. The average molecular weight is 601 g/mol. The second-order valence-electron chi connectivity index (χ2n) is 12.2. The molecular formula is C32H43F3N6O2. The van der Waals surface area contributed by atoms with Crippen LogP contribution in [0.4, 0.5) is 19.0 Å². The number of hydrogen-bond donors (Lipinski definition) is 1. The summed E-state index contributed by atoms with van der Waals surface area (Å²) < 4.78 is 55.1. The molecule has 0 unspecified atom stereocenters. The van der Waals surface area contributed by atoms with Crippen molar-refractivity contribution in [3.63, 3.8) is 0 Å². The van der Waals surface area contributed by atoms with Gasteiger partial charge in [0.15, 0.2) is 5.65 Å². The molecule has 0 radical (unpaired) electrons. The highest BCUT2D eigenvalue weighted by atomic mass is 19.3. The van der Waals surface area contributed by atoms with Crippen molar-refractivity contribution in [3.8, 4) is 11.9 Å². The Balaban J connectivity index is 1.46. The number of anilines is 1. The van der Waals surface area contributed by atoms with Crippen molar-refractivity contribution in [1.82, 2.24) is 24.8 Å². The average Bonchev–Trinajstić information content (AvgIpc) is 2.94. The normalized spacial score (nSPS) is 17.7. The minimum atomic E-state index is -3.31. The number of benzene rings is 1. The molecule has 3 aromatic rings. The molecule has 2 aromatic heterocycles. The molecule has 234 valence electrons. The fourth-order valence-electron chi connectivity index (χ4n) is 5.92. The third-order valence-corrected chi connectivity index (χ3v) is 8.70. The summed E-state index contributed by atoms with van der Waals surface area (Å²) in [5, 5.41) is 3.89. The Kier molecular flexibility index (Phi) is 9.60. The van der Waals surface area contributed by atoms with Gasteiger partial charge in [-0.1, -0.05) is 18.2 Å². The number of nitrogens with zero attached hydrogens (tertiary/aromatic N) is 5. The number of ether oxygens (including phenoxy) is 2. The summed E-state index contributed by atoms with van der Waals surface area (Å²) in [7, 11) is 1.60. The molecule has 0 amide bonds. The number of nitrogens with one attached hydrogen (secondary N) is 1. The Morgan fingerprint density at radius 2 is 1.81 bits per heavy atom. The van der Waals surface area contributed by atoms with E-state index in [1.165, 1.54) is 18.6 Å². The van der Waals surface area contributed by atoms with Crippen molar-refractivity contribution < 1.29 is 22.6 Å². The first-order valence-electron chi connectivity index (χ1n) is 15.3. The van der Waals surface area contributed by atoms with Gasteiger partial charge in [0, 0.05) is 30.6 Å². The Morgan fingerprint density at radius 1 is 1.07 bits per heavy atom. The van der Waals surface area contributed by atoms with Gasteiger partial charge in [0.1, 0.15) is 18.2 Å². The Bertz CT molecular complexity index is 1400. The lowest BCUT2D eigenvalue weighted by Gasteiger charge is -2.34. The highest BCUT2D eigenvalue weighted by Crippen LogP contribution is 2.35. The van der Waals surface area contributed by atoms with E-state index in [-0.39, 0.29) is 11.6 Å². The first kappa shape index (κ1) is 31.3. The van der Waals surface area contributed by atoms with Gasteiger partial charge in [0.2, 0.25) is 5.88 Å². The highest BCUT2D eigenvalue weighted by molar-refractivity contribution is 5.88. The number of aromatic nitrogens is 3. The minimum absolute atomic E-state index is 0.115. The number of fused-ring (bicyclic) bond motifs is 1. The molecular weight excluding hydrogens is 557 g/mol. The van der Waals surface area contributed by atoms with Crippen LogP contribution in [0.5, 0.6) is 11.9 Å². The Hall–Kier alpha value is -3.18. The highest BCUT2D eigenvalue weighted by Gasteiger charge is 2.31. The summed E-state index contributed by atoms with van der Waals surface area (Å²) in [6.07, 6.45) is 4.14. The number of pyridine rings is 1. The van der Waals surface area contributed by atoms with Crippen LogP contribution in [0.25, 0.3) is 11.0 Å². The first-order chi connectivity index (χ1) is 20.5. The van der Waals surface area contributed by atoms with Gasteiger partial charge in [-0.05, 0) is 84.6 Å². The number of alkyl halides is 2. The summed E-state index contributed by atoms with van der Waals surface area (Å²) in [6.45, 7) is 12.2. The third kappa shape index (κ3) is 7.32. The van der Waals surface area contributed by atoms with Crippen LogP contribution in [0.15, 0.2) is 24.3 Å². The van der Waals surface area contributed by atoms with E-state index >= 15 is 4.39 Å². The lowest BCUT2D eigenvalue weighted by molar-refractivity contribution is 0.0136. The van der Waals surface area contributed by atoms with Crippen molar-refractivity contribution >= 4 is 16.9 Å². The van der Waals surface area contributed by atoms with E-state index in [1.54, 1.807) is 14.0 Å². The van der Waals surface area contributed by atoms with Gasteiger partial charge in [-0.15, -0.1) is 0 Å². The van der Waals surface area contributed by atoms with E-state index in [2.05, 4.69) is 38.9 Å². The zero-order chi connectivity index (χ0) is 30.7. The van der Waals surface area contributed by atoms with Crippen LogP contribution in [-0.4, -0.2) is 77.2 Å². The molecule has 11 heteroatoms. The lowest BCUT2D eigenvalue weighted by atomic mass is 9.89. The second-order valence-corrected chi connectivity index (χ2v) is 12.2. The number of hydrogen-bond acceptors (Lipinski definition) is 8. The van der Waals surface area contributed by atoms with Crippen LogP contribution in [-0.2, 0) is 12.3 Å². The molecule has 5 rings (SSSR count). The van der Waals surface area contributed by atoms with Gasteiger partial charge in [0.05, 0.1) is 24.1 Å². The van der Waals surface area contributed by atoms with Crippen LogP contribution < -0.4 is 14.8 Å².